The maximum atomic E-state index is 11.8. The van der Waals surface area contributed by atoms with E-state index in [1.165, 1.54) is 6.33 Å². The number of aromatic nitrogens is 4. The lowest BCUT2D eigenvalue weighted by Crippen LogP contribution is -2.35. The number of hydrogen-bond acceptors (Lipinski definition) is 5. The van der Waals surface area contributed by atoms with E-state index in [1.807, 2.05) is 0 Å². The van der Waals surface area contributed by atoms with Crippen molar-refractivity contribution in [1.29, 1.82) is 0 Å². The van der Waals surface area contributed by atoms with E-state index in [4.69, 9.17) is 5.73 Å². The molecule has 0 saturated carbocycles. The van der Waals surface area contributed by atoms with Gasteiger partial charge in [0.15, 0.2) is 5.82 Å². The average molecular weight is 274 g/mol. The number of nitrogens with zero attached hydrogens (tertiary/aromatic N) is 4. The lowest BCUT2D eigenvalue weighted by molar-refractivity contribution is -0.117. The molecule has 0 radical (unpaired) electrons. The molecule has 7 heteroatoms. The van der Waals surface area contributed by atoms with Crippen LogP contribution in [0.5, 0.6) is 0 Å². The molecule has 0 bridgehead atoms. The third kappa shape index (κ3) is 3.61. The third-order valence-corrected chi connectivity index (χ3v) is 2.87. The molecule has 0 aliphatic heterocycles. The molecule has 2 heterocycles. The zero-order valence-electron chi connectivity index (χ0n) is 11.4. The van der Waals surface area contributed by atoms with Crippen molar-refractivity contribution in [1.82, 2.24) is 19.7 Å². The smallest absolute Gasteiger partial charge is 0.241 e. The highest BCUT2D eigenvalue weighted by Gasteiger charge is 2.12. The largest absolute Gasteiger partial charge is 0.323 e. The molecule has 1 atom stereocenters. The van der Waals surface area contributed by atoms with Gasteiger partial charge in [0.25, 0.3) is 0 Å². The molecule has 3 N–H and O–H groups in total. The van der Waals surface area contributed by atoms with Crippen LogP contribution in [0.15, 0.2) is 31.0 Å². The van der Waals surface area contributed by atoms with Gasteiger partial charge >= 0.3 is 0 Å². The number of carbonyl (C=O) groups excluding carboxylic acids is 1. The summed E-state index contributed by atoms with van der Waals surface area (Å²) < 4.78 is 1.54. The monoisotopic (exact) mass is 274 g/mol. The minimum absolute atomic E-state index is 0.186. The van der Waals surface area contributed by atoms with Gasteiger partial charge in [0.2, 0.25) is 5.91 Å². The number of amides is 1. The number of nitrogens with one attached hydrogen (secondary N) is 1. The molecule has 0 fully saturated rings. The van der Waals surface area contributed by atoms with E-state index in [0.717, 1.165) is 12.8 Å². The van der Waals surface area contributed by atoms with Crippen molar-refractivity contribution in [3.05, 3.63) is 31.0 Å². The number of carbonyl (C=O) groups is 1. The summed E-state index contributed by atoms with van der Waals surface area (Å²) in [6.45, 7) is 2.07. The molecule has 20 heavy (non-hydrogen) atoms. The van der Waals surface area contributed by atoms with Crippen molar-refractivity contribution in [3.8, 4) is 5.82 Å². The van der Waals surface area contributed by atoms with E-state index in [1.54, 1.807) is 29.3 Å². The number of pyridine rings is 1. The van der Waals surface area contributed by atoms with Crippen LogP contribution < -0.4 is 11.1 Å². The summed E-state index contributed by atoms with van der Waals surface area (Å²) in [6, 6.07) is 3.03. The summed E-state index contributed by atoms with van der Waals surface area (Å²) >= 11 is 0. The van der Waals surface area contributed by atoms with Gasteiger partial charge < -0.3 is 11.1 Å². The van der Waals surface area contributed by atoms with Crippen LogP contribution in [0.3, 0.4) is 0 Å². The van der Waals surface area contributed by atoms with E-state index in [-0.39, 0.29) is 5.91 Å². The molecule has 0 aromatic carbocycles. The SMILES string of the molecule is CCCC[C@H](N)C(=O)Nc1ccc(-n2cncn2)nc1. The quantitative estimate of drug-likeness (QED) is 0.822. The molecule has 0 unspecified atom stereocenters. The number of anilines is 1. The van der Waals surface area contributed by atoms with Gasteiger partial charge in [-0.2, -0.15) is 5.10 Å². The Morgan fingerprint density at radius 1 is 1.50 bits per heavy atom. The standard InChI is InChI=1S/C13H18N6O/c1-2-3-4-11(14)13(20)18-10-5-6-12(16-7-10)19-9-15-8-17-19/h5-9,11H,2-4,14H2,1H3,(H,18,20)/t11-/m0/s1. The van der Waals surface area contributed by atoms with Crippen LogP contribution in [0, 0.1) is 0 Å². The van der Waals surface area contributed by atoms with Gasteiger partial charge in [0.05, 0.1) is 17.9 Å². The highest BCUT2D eigenvalue weighted by atomic mass is 16.2. The van der Waals surface area contributed by atoms with Gasteiger partial charge in [-0.1, -0.05) is 19.8 Å². The molecule has 2 rings (SSSR count). The summed E-state index contributed by atoms with van der Waals surface area (Å²) in [5.41, 5.74) is 6.42. The van der Waals surface area contributed by atoms with Crippen LogP contribution in [-0.2, 0) is 4.79 Å². The fourth-order valence-electron chi connectivity index (χ4n) is 1.71. The van der Waals surface area contributed by atoms with E-state index in [2.05, 4.69) is 27.3 Å². The van der Waals surface area contributed by atoms with Gasteiger partial charge in [-0.25, -0.2) is 14.6 Å². The number of rotatable bonds is 6. The van der Waals surface area contributed by atoms with Gasteiger partial charge in [-0.15, -0.1) is 0 Å². The van der Waals surface area contributed by atoms with Crippen LogP contribution in [0.2, 0.25) is 0 Å². The van der Waals surface area contributed by atoms with Crippen molar-refractivity contribution in [2.24, 2.45) is 5.73 Å². The number of unbranched alkanes of at least 4 members (excludes halogenated alkanes) is 1. The Morgan fingerprint density at radius 2 is 2.35 bits per heavy atom. The molecular weight excluding hydrogens is 256 g/mol. The second-order valence-corrected chi connectivity index (χ2v) is 4.48. The van der Waals surface area contributed by atoms with Crippen LogP contribution in [-0.4, -0.2) is 31.7 Å². The maximum absolute atomic E-state index is 11.8. The van der Waals surface area contributed by atoms with Gasteiger partial charge in [0.1, 0.15) is 12.7 Å². The van der Waals surface area contributed by atoms with E-state index in [0.29, 0.717) is 17.9 Å². The average Bonchev–Trinajstić information content (AvgIpc) is 2.99. The molecule has 0 aliphatic carbocycles. The Hall–Kier alpha value is -2.28. The van der Waals surface area contributed by atoms with Crippen molar-refractivity contribution < 1.29 is 4.79 Å². The molecule has 0 aliphatic rings. The highest BCUT2D eigenvalue weighted by Crippen LogP contribution is 2.09. The Kier molecular flexibility index (Phi) is 4.78. The van der Waals surface area contributed by atoms with Crippen LogP contribution in [0.4, 0.5) is 5.69 Å². The summed E-state index contributed by atoms with van der Waals surface area (Å²) in [5.74, 6) is 0.449. The summed E-state index contributed by atoms with van der Waals surface area (Å²) in [6.07, 6.45) is 7.22. The summed E-state index contributed by atoms with van der Waals surface area (Å²) in [5, 5.41) is 6.73. The first kappa shape index (κ1) is 14.1. The van der Waals surface area contributed by atoms with E-state index in [9.17, 15) is 4.79 Å². The molecular formula is C13H18N6O. The zero-order chi connectivity index (χ0) is 14.4. The molecule has 0 saturated heterocycles. The Morgan fingerprint density at radius 3 is 2.95 bits per heavy atom. The second-order valence-electron chi connectivity index (χ2n) is 4.48. The first-order valence-corrected chi connectivity index (χ1v) is 6.58. The third-order valence-electron chi connectivity index (χ3n) is 2.87. The first-order chi connectivity index (χ1) is 9.70. The van der Waals surface area contributed by atoms with Crippen LogP contribution >= 0.6 is 0 Å². The fourth-order valence-corrected chi connectivity index (χ4v) is 1.71. The molecule has 0 spiro atoms. The van der Waals surface area contributed by atoms with Crippen LogP contribution in [0.25, 0.3) is 5.82 Å². The van der Waals surface area contributed by atoms with E-state index < -0.39 is 6.04 Å². The van der Waals surface area contributed by atoms with Crippen molar-refractivity contribution in [2.75, 3.05) is 5.32 Å². The Balaban J connectivity index is 1.95. The minimum atomic E-state index is -0.482. The predicted molar refractivity (Wildman–Crippen MR) is 75.3 cm³/mol. The highest BCUT2D eigenvalue weighted by molar-refractivity contribution is 5.94. The summed E-state index contributed by atoms with van der Waals surface area (Å²) in [4.78, 5) is 19.9. The lowest BCUT2D eigenvalue weighted by Gasteiger charge is -2.11. The van der Waals surface area contributed by atoms with Crippen molar-refractivity contribution in [2.45, 2.75) is 32.2 Å². The van der Waals surface area contributed by atoms with Crippen molar-refractivity contribution >= 4 is 11.6 Å². The molecule has 1 amide bonds. The predicted octanol–water partition coefficient (Wildman–Crippen LogP) is 1.12. The van der Waals surface area contributed by atoms with Crippen LogP contribution in [0.1, 0.15) is 26.2 Å². The molecule has 106 valence electrons. The zero-order valence-corrected chi connectivity index (χ0v) is 11.4. The Labute approximate surface area is 117 Å². The lowest BCUT2D eigenvalue weighted by atomic mass is 10.1. The number of hydrogen-bond donors (Lipinski definition) is 2. The maximum Gasteiger partial charge on any atom is 0.241 e. The van der Waals surface area contributed by atoms with Gasteiger partial charge in [-0.3, -0.25) is 4.79 Å². The van der Waals surface area contributed by atoms with Gasteiger partial charge in [0, 0.05) is 0 Å². The fraction of sp³-hybridized carbons (Fsp3) is 0.385. The Bertz CT molecular complexity index is 536. The topological polar surface area (TPSA) is 98.7 Å². The first-order valence-electron chi connectivity index (χ1n) is 6.58. The second kappa shape index (κ2) is 6.76. The molecule has 2 aromatic heterocycles. The minimum Gasteiger partial charge on any atom is -0.323 e. The number of nitrogens with two attached hydrogens (primary N) is 1. The van der Waals surface area contributed by atoms with Gasteiger partial charge in [-0.05, 0) is 18.6 Å². The van der Waals surface area contributed by atoms with Crippen molar-refractivity contribution in [3.63, 3.8) is 0 Å². The molecule has 2 aromatic rings. The van der Waals surface area contributed by atoms with E-state index >= 15 is 0 Å². The summed E-state index contributed by atoms with van der Waals surface area (Å²) in [7, 11) is 0. The molecule has 7 nitrogen and oxygen atoms in total. The normalized spacial score (nSPS) is 12.1.